The molecule has 21 heavy (non-hydrogen) atoms. The Morgan fingerprint density at radius 2 is 1.86 bits per heavy atom. The molecule has 1 amide bonds. The van der Waals surface area contributed by atoms with E-state index in [1.165, 1.54) is 11.1 Å². The lowest BCUT2D eigenvalue weighted by molar-refractivity contribution is -0.118. The van der Waals surface area contributed by atoms with E-state index in [0.717, 1.165) is 18.1 Å². The van der Waals surface area contributed by atoms with Crippen molar-refractivity contribution < 1.29 is 4.79 Å². The molecule has 0 spiro atoms. The fourth-order valence-corrected chi connectivity index (χ4v) is 1.76. The van der Waals surface area contributed by atoms with Crippen LogP contribution in [-0.4, -0.2) is 10.9 Å². The molecule has 0 aliphatic carbocycles. The molecule has 4 nitrogen and oxygen atoms in total. The van der Waals surface area contributed by atoms with E-state index in [0.29, 0.717) is 0 Å². The van der Waals surface area contributed by atoms with E-state index < -0.39 is 0 Å². The van der Waals surface area contributed by atoms with Crippen LogP contribution < -0.4 is 10.6 Å². The number of nitrogens with one attached hydrogen (secondary N) is 2. The fraction of sp³-hybridized carbons (Fsp3) is 0.294. The molecule has 0 aliphatic rings. The molecule has 1 heterocycles. The van der Waals surface area contributed by atoms with Crippen molar-refractivity contribution in [1.82, 2.24) is 4.98 Å². The van der Waals surface area contributed by atoms with Crippen molar-refractivity contribution >= 4 is 17.4 Å². The highest BCUT2D eigenvalue weighted by molar-refractivity contribution is 5.91. The maximum atomic E-state index is 11.6. The van der Waals surface area contributed by atoms with Gasteiger partial charge in [0.2, 0.25) is 5.91 Å². The van der Waals surface area contributed by atoms with Gasteiger partial charge in [-0.15, -0.1) is 0 Å². The van der Waals surface area contributed by atoms with Gasteiger partial charge < -0.3 is 10.6 Å². The summed E-state index contributed by atoms with van der Waals surface area (Å²) in [6.07, 6.45) is 1.66. The highest BCUT2D eigenvalue weighted by atomic mass is 16.1. The van der Waals surface area contributed by atoms with Crippen LogP contribution in [0.25, 0.3) is 0 Å². The Balaban J connectivity index is 1.90. The zero-order valence-corrected chi connectivity index (χ0v) is 12.7. The van der Waals surface area contributed by atoms with Crippen LogP contribution in [0.2, 0.25) is 0 Å². The molecule has 110 valence electrons. The number of carbonyl (C=O) groups is 1. The summed E-state index contributed by atoms with van der Waals surface area (Å²) in [7, 11) is 0. The van der Waals surface area contributed by atoms with Gasteiger partial charge in [0.05, 0.1) is 11.9 Å². The molecule has 1 aromatic heterocycles. The second-order valence-electron chi connectivity index (χ2n) is 5.42. The fourth-order valence-electron chi connectivity index (χ4n) is 1.76. The highest BCUT2D eigenvalue weighted by Gasteiger charge is 2.06. The molecule has 0 aliphatic heterocycles. The molecule has 0 unspecified atom stereocenters. The van der Waals surface area contributed by atoms with Gasteiger partial charge in [-0.25, -0.2) is 4.98 Å². The number of aryl methyl sites for hydroxylation is 1. The molecule has 0 fully saturated rings. The molecule has 4 heteroatoms. The number of amides is 1. The minimum atomic E-state index is -0.0376. The smallest absolute Gasteiger partial charge is 0.226 e. The van der Waals surface area contributed by atoms with E-state index in [1.807, 2.05) is 26.0 Å². The van der Waals surface area contributed by atoms with Crippen molar-refractivity contribution in [3.63, 3.8) is 0 Å². The maximum Gasteiger partial charge on any atom is 0.226 e. The SMILES string of the molecule is Cc1ccc(CNc2ccc(NC(=O)C(C)C)cn2)cc1. The molecule has 2 N–H and O–H groups in total. The molecule has 0 atom stereocenters. The minimum Gasteiger partial charge on any atom is -0.366 e. The Morgan fingerprint density at radius 3 is 2.43 bits per heavy atom. The van der Waals surface area contributed by atoms with Gasteiger partial charge in [-0.1, -0.05) is 43.7 Å². The summed E-state index contributed by atoms with van der Waals surface area (Å²) in [5.41, 5.74) is 3.18. The summed E-state index contributed by atoms with van der Waals surface area (Å²) in [5, 5.41) is 6.08. The van der Waals surface area contributed by atoms with Crippen LogP contribution in [0.15, 0.2) is 42.6 Å². The van der Waals surface area contributed by atoms with E-state index in [1.54, 1.807) is 6.20 Å². The summed E-state index contributed by atoms with van der Waals surface area (Å²) in [6.45, 7) is 6.52. The van der Waals surface area contributed by atoms with Crippen molar-refractivity contribution in [2.24, 2.45) is 5.92 Å². The maximum absolute atomic E-state index is 11.6. The van der Waals surface area contributed by atoms with Gasteiger partial charge in [-0.3, -0.25) is 4.79 Å². The Labute approximate surface area is 125 Å². The van der Waals surface area contributed by atoms with Crippen LogP contribution in [-0.2, 0) is 11.3 Å². The second-order valence-corrected chi connectivity index (χ2v) is 5.42. The molecule has 0 radical (unpaired) electrons. The normalized spacial score (nSPS) is 10.5. The second kappa shape index (κ2) is 6.88. The average Bonchev–Trinajstić information content (AvgIpc) is 2.48. The number of hydrogen-bond acceptors (Lipinski definition) is 3. The van der Waals surface area contributed by atoms with Crippen LogP contribution in [0.3, 0.4) is 0 Å². The standard InChI is InChI=1S/C17H21N3O/c1-12(2)17(21)20-15-8-9-16(19-11-15)18-10-14-6-4-13(3)5-7-14/h4-9,11-12H,10H2,1-3H3,(H,18,19)(H,20,21). The Kier molecular flexibility index (Phi) is 4.93. The van der Waals surface area contributed by atoms with Crippen LogP contribution in [0, 0.1) is 12.8 Å². The van der Waals surface area contributed by atoms with E-state index in [4.69, 9.17) is 0 Å². The number of benzene rings is 1. The van der Waals surface area contributed by atoms with Crippen molar-refractivity contribution in [2.45, 2.75) is 27.3 Å². The third-order valence-corrected chi connectivity index (χ3v) is 3.15. The lowest BCUT2D eigenvalue weighted by Gasteiger charge is -2.09. The first-order valence-electron chi connectivity index (χ1n) is 7.11. The van der Waals surface area contributed by atoms with Crippen molar-refractivity contribution in [3.8, 4) is 0 Å². The molecule has 2 aromatic rings. The Bertz CT molecular complexity index is 588. The summed E-state index contributed by atoms with van der Waals surface area (Å²) >= 11 is 0. The number of hydrogen-bond donors (Lipinski definition) is 2. The highest BCUT2D eigenvalue weighted by Crippen LogP contribution is 2.12. The largest absolute Gasteiger partial charge is 0.366 e. The minimum absolute atomic E-state index is 0.00263. The Morgan fingerprint density at radius 1 is 1.14 bits per heavy atom. The molecule has 0 saturated carbocycles. The molecule has 1 aromatic carbocycles. The quantitative estimate of drug-likeness (QED) is 0.881. The van der Waals surface area contributed by atoms with E-state index in [-0.39, 0.29) is 11.8 Å². The van der Waals surface area contributed by atoms with Gasteiger partial charge >= 0.3 is 0 Å². The lowest BCUT2D eigenvalue weighted by atomic mass is 10.1. The number of carbonyl (C=O) groups excluding carboxylic acids is 1. The van der Waals surface area contributed by atoms with Gasteiger partial charge in [0, 0.05) is 12.5 Å². The predicted molar refractivity (Wildman–Crippen MR) is 86.2 cm³/mol. The van der Waals surface area contributed by atoms with Crippen LogP contribution in [0.5, 0.6) is 0 Å². The average molecular weight is 283 g/mol. The van der Waals surface area contributed by atoms with Crippen LogP contribution >= 0.6 is 0 Å². The molecule has 2 rings (SSSR count). The van der Waals surface area contributed by atoms with E-state index in [9.17, 15) is 4.79 Å². The van der Waals surface area contributed by atoms with Crippen molar-refractivity contribution in [1.29, 1.82) is 0 Å². The summed E-state index contributed by atoms with van der Waals surface area (Å²) in [4.78, 5) is 15.9. The lowest BCUT2D eigenvalue weighted by Crippen LogP contribution is -2.17. The third-order valence-electron chi connectivity index (χ3n) is 3.15. The molecule has 0 saturated heterocycles. The van der Waals surface area contributed by atoms with Gasteiger partial charge in [0.1, 0.15) is 5.82 Å². The van der Waals surface area contributed by atoms with Gasteiger partial charge in [0.25, 0.3) is 0 Å². The monoisotopic (exact) mass is 283 g/mol. The number of pyridine rings is 1. The number of rotatable bonds is 5. The van der Waals surface area contributed by atoms with Crippen LogP contribution in [0.1, 0.15) is 25.0 Å². The van der Waals surface area contributed by atoms with E-state index >= 15 is 0 Å². The number of nitrogens with zero attached hydrogens (tertiary/aromatic N) is 1. The summed E-state index contributed by atoms with van der Waals surface area (Å²) in [5.74, 6) is 0.750. The Hall–Kier alpha value is -2.36. The summed E-state index contributed by atoms with van der Waals surface area (Å²) in [6, 6.07) is 12.1. The molecule has 0 bridgehead atoms. The van der Waals surface area contributed by atoms with Gasteiger partial charge in [-0.05, 0) is 24.6 Å². The first-order chi connectivity index (χ1) is 10.0. The number of aromatic nitrogens is 1. The topological polar surface area (TPSA) is 54.0 Å². The predicted octanol–water partition coefficient (Wildman–Crippen LogP) is 3.60. The zero-order valence-electron chi connectivity index (χ0n) is 12.7. The molecular weight excluding hydrogens is 262 g/mol. The number of anilines is 2. The zero-order chi connectivity index (χ0) is 15.2. The molecular formula is C17H21N3O. The van der Waals surface area contributed by atoms with E-state index in [2.05, 4.69) is 46.8 Å². The first-order valence-corrected chi connectivity index (χ1v) is 7.11. The van der Waals surface area contributed by atoms with Crippen molar-refractivity contribution in [2.75, 3.05) is 10.6 Å². The summed E-state index contributed by atoms with van der Waals surface area (Å²) < 4.78 is 0. The van der Waals surface area contributed by atoms with Crippen LogP contribution in [0.4, 0.5) is 11.5 Å². The van der Waals surface area contributed by atoms with Gasteiger partial charge in [-0.2, -0.15) is 0 Å². The third kappa shape index (κ3) is 4.60. The van der Waals surface area contributed by atoms with Gasteiger partial charge in [0.15, 0.2) is 0 Å². The first kappa shape index (κ1) is 15.0. The van der Waals surface area contributed by atoms with Crippen molar-refractivity contribution in [3.05, 3.63) is 53.7 Å².